The van der Waals surface area contributed by atoms with Crippen LogP contribution in [0.5, 0.6) is 0 Å². The summed E-state index contributed by atoms with van der Waals surface area (Å²) in [6, 6.07) is 20.7. The van der Waals surface area contributed by atoms with Crippen molar-refractivity contribution in [2.75, 3.05) is 11.9 Å². The maximum atomic E-state index is 12.9. The molecule has 142 valence electrons. The number of hydrogen-bond donors (Lipinski definition) is 2. The highest BCUT2D eigenvalue weighted by Crippen LogP contribution is 2.22. The van der Waals surface area contributed by atoms with Crippen molar-refractivity contribution in [1.29, 1.82) is 0 Å². The van der Waals surface area contributed by atoms with Crippen LogP contribution in [0.2, 0.25) is 0 Å². The first-order chi connectivity index (χ1) is 13.6. The number of aliphatic hydroxyl groups is 1. The van der Waals surface area contributed by atoms with Gasteiger partial charge in [0.2, 0.25) is 5.82 Å². The van der Waals surface area contributed by atoms with Crippen LogP contribution in [0.3, 0.4) is 0 Å². The summed E-state index contributed by atoms with van der Waals surface area (Å²) in [5, 5.41) is 24.5. The van der Waals surface area contributed by atoms with E-state index < -0.39 is 18.4 Å². The van der Waals surface area contributed by atoms with Crippen molar-refractivity contribution in [3.63, 3.8) is 0 Å². The number of hydrogen-bond acceptors (Lipinski definition) is 5. The molecule has 0 aliphatic heterocycles. The highest BCUT2D eigenvalue weighted by molar-refractivity contribution is 5.63. The predicted molar refractivity (Wildman–Crippen MR) is 101 cm³/mol. The number of alkyl halides is 2. The first-order valence-corrected chi connectivity index (χ1v) is 8.69. The van der Waals surface area contributed by atoms with Crippen LogP contribution in [0.25, 0.3) is 16.8 Å². The predicted octanol–water partition coefficient (Wildman–Crippen LogP) is 3.87. The zero-order valence-corrected chi connectivity index (χ0v) is 14.7. The summed E-state index contributed by atoms with van der Waals surface area (Å²) in [5.41, 5.74) is 3.13. The van der Waals surface area contributed by atoms with Crippen molar-refractivity contribution in [3.8, 4) is 11.1 Å². The van der Waals surface area contributed by atoms with Crippen LogP contribution in [0, 0.1) is 0 Å². The topological polar surface area (TPSA) is 75.3 Å². The Labute approximate surface area is 159 Å². The molecule has 28 heavy (non-hydrogen) atoms. The van der Waals surface area contributed by atoms with Crippen LogP contribution in [0.1, 0.15) is 23.9 Å². The molecule has 6 nitrogen and oxygen atoms in total. The van der Waals surface area contributed by atoms with Gasteiger partial charge in [0.1, 0.15) is 5.82 Å². The van der Waals surface area contributed by atoms with Gasteiger partial charge in [0.15, 0.2) is 5.65 Å². The fourth-order valence-electron chi connectivity index (χ4n) is 2.88. The second kappa shape index (κ2) is 7.69. The minimum Gasteiger partial charge on any atom is -0.387 e. The second-order valence-corrected chi connectivity index (χ2v) is 6.23. The number of benzene rings is 2. The van der Waals surface area contributed by atoms with Gasteiger partial charge in [-0.3, -0.25) is 0 Å². The molecule has 1 unspecified atom stereocenters. The Morgan fingerprint density at radius 2 is 1.61 bits per heavy atom. The van der Waals surface area contributed by atoms with E-state index in [1.807, 2.05) is 54.6 Å². The molecular formula is C20H17F2N5O. The van der Waals surface area contributed by atoms with Crippen molar-refractivity contribution in [3.05, 3.63) is 78.1 Å². The normalized spacial score (nSPS) is 12.4. The average Bonchev–Trinajstić information content (AvgIpc) is 3.16. The molecule has 0 spiro atoms. The molecule has 0 saturated carbocycles. The van der Waals surface area contributed by atoms with E-state index >= 15 is 0 Å². The zero-order valence-electron chi connectivity index (χ0n) is 14.7. The first-order valence-electron chi connectivity index (χ1n) is 8.69. The van der Waals surface area contributed by atoms with Gasteiger partial charge in [0.05, 0.1) is 6.10 Å². The van der Waals surface area contributed by atoms with Gasteiger partial charge in [0, 0.05) is 6.54 Å². The van der Waals surface area contributed by atoms with E-state index in [2.05, 4.69) is 20.6 Å². The van der Waals surface area contributed by atoms with Gasteiger partial charge in [-0.1, -0.05) is 54.6 Å². The van der Waals surface area contributed by atoms with E-state index in [-0.39, 0.29) is 12.2 Å². The number of rotatable bonds is 6. The molecule has 8 heteroatoms. The molecule has 1 atom stereocenters. The molecule has 4 aromatic rings. The lowest BCUT2D eigenvalue weighted by Gasteiger charge is -2.13. The Hall–Kier alpha value is -3.39. The third-order valence-electron chi connectivity index (χ3n) is 4.36. The Morgan fingerprint density at radius 1 is 0.893 bits per heavy atom. The number of aliphatic hydroxyl groups excluding tert-OH is 1. The van der Waals surface area contributed by atoms with Crippen molar-refractivity contribution in [2.24, 2.45) is 0 Å². The molecule has 2 aromatic carbocycles. The number of halogens is 2. The molecule has 0 saturated heterocycles. The van der Waals surface area contributed by atoms with E-state index in [1.54, 1.807) is 6.07 Å². The maximum Gasteiger partial charge on any atom is 0.299 e. The lowest BCUT2D eigenvalue weighted by molar-refractivity contribution is 0.137. The Kier molecular flexibility index (Phi) is 4.94. The van der Waals surface area contributed by atoms with Gasteiger partial charge < -0.3 is 10.4 Å². The fourth-order valence-corrected chi connectivity index (χ4v) is 2.88. The third-order valence-corrected chi connectivity index (χ3v) is 4.36. The minimum absolute atomic E-state index is 0.176. The SMILES string of the molecule is OC(CNc1ccc2nnc(C(F)F)n2n1)c1ccc(-c2ccccc2)cc1. The Bertz CT molecular complexity index is 1070. The molecule has 2 heterocycles. The molecule has 0 radical (unpaired) electrons. The minimum atomic E-state index is -2.77. The molecule has 0 aliphatic carbocycles. The quantitative estimate of drug-likeness (QED) is 0.530. The fraction of sp³-hybridized carbons (Fsp3) is 0.150. The number of nitrogens with zero attached hydrogens (tertiary/aromatic N) is 4. The monoisotopic (exact) mass is 381 g/mol. The van der Waals surface area contributed by atoms with Crippen molar-refractivity contribution in [2.45, 2.75) is 12.5 Å². The smallest absolute Gasteiger partial charge is 0.299 e. The van der Waals surface area contributed by atoms with Crippen LogP contribution in [0.4, 0.5) is 14.6 Å². The van der Waals surface area contributed by atoms with Gasteiger partial charge in [-0.05, 0) is 28.8 Å². The second-order valence-electron chi connectivity index (χ2n) is 6.23. The summed E-state index contributed by atoms with van der Waals surface area (Å²) in [5.74, 6) is -0.176. The van der Waals surface area contributed by atoms with Crippen LogP contribution in [0.15, 0.2) is 66.7 Å². The largest absolute Gasteiger partial charge is 0.387 e. The molecule has 2 aromatic heterocycles. The summed E-state index contributed by atoms with van der Waals surface area (Å²) in [7, 11) is 0. The number of fused-ring (bicyclic) bond motifs is 1. The van der Waals surface area contributed by atoms with E-state index in [0.29, 0.717) is 5.82 Å². The molecule has 0 aliphatic rings. The molecule has 2 N–H and O–H groups in total. The molecule has 0 fully saturated rings. The molecule has 0 bridgehead atoms. The van der Waals surface area contributed by atoms with Crippen LogP contribution >= 0.6 is 0 Å². The summed E-state index contributed by atoms with van der Waals surface area (Å²) in [4.78, 5) is 0. The number of nitrogens with one attached hydrogen (secondary N) is 1. The van der Waals surface area contributed by atoms with Crippen LogP contribution in [-0.2, 0) is 0 Å². The molecule has 0 amide bonds. The van der Waals surface area contributed by atoms with E-state index in [0.717, 1.165) is 21.2 Å². The number of aromatic nitrogens is 4. The first kappa shape index (κ1) is 18.0. The summed E-state index contributed by atoms with van der Waals surface area (Å²) < 4.78 is 26.9. The third kappa shape index (κ3) is 3.67. The molecule has 4 rings (SSSR count). The van der Waals surface area contributed by atoms with Gasteiger partial charge in [-0.15, -0.1) is 15.3 Å². The zero-order chi connectivity index (χ0) is 19.5. The van der Waals surface area contributed by atoms with Crippen molar-refractivity contribution >= 4 is 11.5 Å². The van der Waals surface area contributed by atoms with Crippen molar-refractivity contribution < 1.29 is 13.9 Å². The lowest BCUT2D eigenvalue weighted by atomic mass is 10.0. The Balaban J connectivity index is 1.45. The Morgan fingerprint density at radius 3 is 2.32 bits per heavy atom. The summed E-state index contributed by atoms with van der Waals surface area (Å²) in [6.07, 6.45) is -3.55. The highest BCUT2D eigenvalue weighted by atomic mass is 19.3. The van der Waals surface area contributed by atoms with E-state index in [9.17, 15) is 13.9 Å². The lowest BCUT2D eigenvalue weighted by Crippen LogP contribution is -2.14. The molecular weight excluding hydrogens is 364 g/mol. The van der Waals surface area contributed by atoms with E-state index in [4.69, 9.17) is 0 Å². The average molecular weight is 381 g/mol. The van der Waals surface area contributed by atoms with Crippen LogP contribution < -0.4 is 5.32 Å². The van der Waals surface area contributed by atoms with Gasteiger partial charge in [-0.2, -0.15) is 4.52 Å². The summed E-state index contributed by atoms with van der Waals surface area (Å²) >= 11 is 0. The highest BCUT2D eigenvalue weighted by Gasteiger charge is 2.17. The van der Waals surface area contributed by atoms with Crippen molar-refractivity contribution in [1.82, 2.24) is 19.8 Å². The van der Waals surface area contributed by atoms with E-state index in [1.165, 1.54) is 6.07 Å². The standard InChI is InChI=1S/C20H17F2N5O/c21-19(22)20-25-24-18-11-10-17(26-27(18)20)23-12-16(28)15-8-6-14(7-9-15)13-4-2-1-3-5-13/h1-11,16,19,28H,12H2,(H,23,26). The van der Waals surface area contributed by atoms with Gasteiger partial charge in [0.25, 0.3) is 6.43 Å². The number of anilines is 1. The van der Waals surface area contributed by atoms with Gasteiger partial charge in [-0.25, -0.2) is 8.78 Å². The van der Waals surface area contributed by atoms with Crippen LogP contribution in [-0.4, -0.2) is 31.5 Å². The summed E-state index contributed by atoms with van der Waals surface area (Å²) in [6.45, 7) is 0.176. The maximum absolute atomic E-state index is 12.9. The van der Waals surface area contributed by atoms with Gasteiger partial charge >= 0.3 is 0 Å².